The minimum Gasteiger partial charge on any atom is -0.347 e. The van der Waals surface area contributed by atoms with Crippen LogP contribution in [0.5, 0.6) is 0 Å². The Bertz CT molecular complexity index is 407. The Morgan fingerprint density at radius 2 is 2.40 bits per heavy atom. The van der Waals surface area contributed by atoms with Crippen LogP contribution in [-0.4, -0.2) is 28.1 Å². The van der Waals surface area contributed by atoms with Gasteiger partial charge < -0.3 is 9.47 Å². The quantitative estimate of drug-likeness (QED) is 0.625. The number of hydrogen-bond donors (Lipinski definition) is 0. The van der Waals surface area contributed by atoms with Gasteiger partial charge in [-0.25, -0.2) is 0 Å². The number of rotatable bonds is 0. The van der Waals surface area contributed by atoms with Crippen molar-refractivity contribution in [2.24, 2.45) is 11.8 Å². The van der Waals surface area contributed by atoms with Crippen LogP contribution in [0, 0.1) is 11.8 Å². The number of ketones is 1. The molecule has 2 aliphatic carbocycles. The van der Waals surface area contributed by atoms with Crippen LogP contribution >= 0.6 is 15.9 Å². The Kier molecular flexibility index (Phi) is 1.33. The van der Waals surface area contributed by atoms with Crippen molar-refractivity contribution in [2.45, 2.75) is 35.7 Å². The SMILES string of the molecule is C[C@@]12C[C@H]3O[C@@H](O1)[C@@]1(Br)C=CC(=O)[C@@H]2[C@@H]31. The molecule has 6 atom stereocenters. The van der Waals surface area contributed by atoms with Gasteiger partial charge in [0, 0.05) is 12.3 Å². The molecule has 0 aromatic rings. The molecule has 0 radical (unpaired) electrons. The number of hydrogen-bond acceptors (Lipinski definition) is 3. The first-order valence-corrected chi connectivity index (χ1v) is 6.09. The van der Waals surface area contributed by atoms with Crippen LogP contribution in [0.15, 0.2) is 12.2 Å². The van der Waals surface area contributed by atoms with Crippen molar-refractivity contribution in [3.63, 3.8) is 0 Å². The molecule has 3 heterocycles. The van der Waals surface area contributed by atoms with Gasteiger partial charge in [0.2, 0.25) is 0 Å². The highest BCUT2D eigenvalue weighted by atomic mass is 79.9. The second-order valence-corrected chi connectivity index (χ2v) is 6.58. The summed E-state index contributed by atoms with van der Waals surface area (Å²) in [6.07, 6.45) is 4.44. The van der Waals surface area contributed by atoms with Crippen molar-refractivity contribution in [1.82, 2.24) is 0 Å². The van der Waals surface area contributed by atoms with Gasteiger partial charge in [-0.15, -0.1) is 0 Å². The largest absolute Gasteiger partial charge is 0.347 e. The van der Waals surface area contributed by atoms with Crippen molar-refractivity contribution in [2.75, 3.05) is 0 Å². The molecule has 3 nitrogen and oxygen atoms in total. The fourth-order valence-electron chi connectivity index (χ4n) is 3.81. The summed E-state index contributed by atoms with van der Waals surface area (Å²) in [6.45, 7) is 2.05. The average Bonchev–Trinajstić information content (AvgIpc) is 2.50. The van der Waals surface area contributed by atoms with E-state index in [4.69, 9.17) is 9.47 Å². The molecule has 0 amide bonds. The van der Waals surface area contributed by atoms with Crippen molar-refractivity contribution in [1.29, 1.82) is 0 Å². The van der Waals surface area contributed by atoms with E-state index < -0.39 is 0 Å². The maximum atomic E-state index is 11.9. The lowest BCUT2D eigenvalue weighted by Crippen LogP contribution is -2.58. The van der Waals surface area contributed by atoms with Gasteiger partial charge in [-0.05, 0) is 13.0 Å². The summed E-state index contributed by atoms with van der Waals surface area (Å²) < 4.78 is 11.5. The zero-order chi connectivity index (χ0) is 10.4. The van der Waals surface area contributed by atoms with Crippen molar-refractivity contribution in [3.05, 3.63) is 12.2 Å². The van der Waals surface area contributed by atoms with E-state index in [9.17, 15) is 4.79 Å². The maximum absolute atomic E-state index is 11.9. The van der Waals surface area contributed by atoms with E-state index in [-0.39, 0.29) is 39.9 Å². The third-order valence-corrected chi connectivity index (χ3v) is 5.55. The second kappa shape index (κ2) is 2.24. The van der Waals surface area contributed by atoms with Crippen LogP contribution in [0.25, 0.3) is 0 Å². The molecule has 0 unspecified atom stereocenters. The summed E-state index contributed by atoms with van der Waals surface area (Å²) in [5.74, 6) is 0.438. The van der Waals surface area contributed by atoms with E-state index in [1.54, 1.807) is 6.08 Å². The molecule has 80 valence electrons. The average molecular weight is 271 g/mol. The molecule has 6 bridgehead atoms. The Morgan fingerprint density at radius 1 is 1.60 bits per heavy atom. The number of ether oxygens (including phenoxy) is 2. The highest BCUT2D eigenvalue weighted by Crippen LogP contribution is 2.65. The molecule has 0 spiro atoms. The van der Waals surface area contributed by atoms with Gasteiger partial charge in [-0.2, -0.15) is 0 Å². The Morgan fingerprint density at radius 3 is 3.20 bits per heavy atom. The highest BCUT2D eigenvalue weighted by molar-refractivity contribution is 9.10. The van der Waals surface area contributed by atoms with Crippen molar-refractivity contribution >= 4 is 21.7 Å². The second-order valence-electron chi connectivity index (χ2n) is 5.21. The molecule has 1 saturated carbocycles. The van der Waals surface area contributed by atoms with E-state index in [0.29, 0.717) is 0 Å². The number of carbonyl (C=O) groups excluding carboxylic acids is 1. The van der Waals surface area contributed by atoms with E-state index in [0.717, 1.165) is 6.42 Å². The molecule has 3 aliphatic heterocycles. The van der Waals surface area contributed by atoms with Crippen molar-refractivity contribution < 1.29 is 14.3 Å². The van der Waals surface area contributed by atoms with Gasteiger partial charge >= 0.3 is 0 Å². The molecule has 4 fully saturated rings. The lowest BCUT2D eigenvalue weighted by atomic mass is 9.71. The maximum Gasteiger partial charge on any atom is 0.177 e. The molecule has 15 heavy (non-hydrogen) atoms. The van der Waals surface area contributed by atoms with E-state index in [1.807, 2.05) is 13.0 Å². The van der Waals surface area contributed by atoms with Crippen LogP contribution in [0.1, 0.15) is 13.3 Å². The summed E-state index contributed by atoms with van der Waals surface area (Å²) in [6, 6.07) is 0. The van der Waals surface area contributed by atoms with Crippen LogP contribution in [-0.2, 0) is 14.3 Å². The number of carbonyl (C=O) groups is 1. The predicted octanol–water partition coefficient (Wildman–Crippen LogP) is 1.41. The first kappa shape index (κ1) is 8.90. The van der Waals surface area contributed by atoms with Gasteiger partial charge in [-0.1, -0.05) is 22.0 Å². The summed E-state index contributed by atoms with van der Waals surface area (Å²) in [7, 11) is 0. The van der Waals surface area contributed by atoms with E-state index >= 15 is 0 Å². The standard InChI is InChI=1S/C11H11BrO3/c1-10-4-6-8-7(10)5(13)2-3-11(8,12)9(14-6)15-10/h2-3,6-9H,4H2,1H3/t6-,7-,8-,9+,10+,11-/m1/s1. The molecule has 5 aliphatic rings. The van der Waals surface area contributed by atoms with E-state index in [1.165, 1.54) is 0 Å². The minimum absolute atomic E-state index is 0.0226. The Hall–Kier alpha value is -0.190. The topological polar surface area (TPSA) is 35.5 Å². The third-order valence-electron chi connectivity index (χ3n) is 4.38. The molecule has 5 rings (SSSR count). The number of allylic oxidation sites excluding steroid dienone is 1. The minimum atomic E-state index is -0.294. The van der Waals surface area contributed by atoms with Gasteiger partial charge in [0.1, 0.15) is 4.32 Å². The highest BCUT2D eigenvalue weighted by Gasteiger charge is 2.74. The first-order valence-electron chi connectivity index (χ1n) is 5.30. The zero-order valence-electron chi connectivity index (χ0n) is 8.27. The molecule has 4 heteroatoms. The molecular weight excluding hydrogens is 260 g/mol. The third kappa shape index (κ3) is 0.776. The van der Waals surface area contributed by atoms with Gasteiger partial charge in [-0.3, -0.25) is 4.79 Å². The summed E-state index contributed by atoms with van der Waals surface area (Å²) in [4.78, 5) is 11.9. The smallest absolute Gasteiger partial charge is 0.177 e. The van der Waals surface area contributed by atoms with Gasteiger partial charge in [0.25, 0.3) is 0 Å². The van der Waals surface area contributed by atoms with Gasteiger partial charge in [0.15, 0.2) is 12.1 Å². The molecule has 0 N–H and O–H groups in total. The van der Waals surface area contributed by atoms with E-state index in [2.05, 4.69) is 15.9 Å². The summed E-state index contributed by atoms with van der Waals surface area (Å²) in [5.41, 5.74) is -0.294. The monoisotopic (exact) mass is 270 g/mol. The number of alkyl halides is 1. The fourth-order valence-corrected chi connectivity index (χ4v) is 4.70. The molecule has 3 saturated heterocycles. The van der Waals surface area contributed by atoms with Crippen LogP contribution < -0.4 is 0 Å². The molecule has 0 aromatic heterocycles. The van der Waals surface area contributed by atoms with Crippen LogP contribution in [0.2, 0.25) is 0 Å². The lowest BCUT2D eigenvalue weighted by Gasteiger charge is -2.48. The summed E-state index contributed by atoms with van der Waals surface area (Å²) >= 11 is 3.71. The number of halogens is 1. The lowest BCUT2D eigenvalue weighted by molar-refractivity contribution is -0.253. The predicted molar refractivity (Wildman–Crippen MR) is 55.6 cm³/mol. The Balaban J connectivity index is 1.99. The normalized spacial score (nSPS) is 64.3. The fraction of sp³-hybridized carbons (Fsp3) is 0.727. The summed E-state index contributed by atoms with van der Waals surface area (Å²) in [5, 5.41) is 0. The Labute approximate surface area is 95.9 Å². The first-order chi connectivity index (χ1) is 7.05. The molecule has 0 aromatic carbocycles. The molecular formula is C11H11BrO3. The zero-order valence-corrected chi connectivity index (χ0v) is 9.86. The van der Waals surface area contributed by atoms with Gasteiger partial charge in [0.05, 0.1) is 17.6 Å². The van der Waals surface area contributed by atoms with Crippen LogP contribution in [0.3, 0.4) is 0 Å². The van der Waals surface area contributed by atoms with Crippen molar-refractivity contribution in [3.8, 4) is 0 Å². The van der Waals surface area contributed by atoms with Crippen LogP contribution in [0.4, 0.5) is 0 Å².